The average molecular weight is 785 g/mol. The van der Waals surface area contributed by atoms with Crippen LogP contribution in [-0.2, 0) is 43.0 Å². The van der Waals surface area contributed by atoms with E-state index in [2.05, 4.69) is 108 Å². The summed E-state index contributed by atoms with van der Waals surface area (Å²) in [4.78, 5) is 32.9. The normalized spacial score (nSPS) is 15.9. The molecule has 0 unspecified atom stereocenters. The highest BCUT2D eigenvalue weighted by Gasteiger charge is 2.39. The van der Waals surface area contributed by atoms with E-state index in [0.29, 0.717) is 26.3 Å². The Bertz CT molecular complexity index is 1950. The van der Waals surface area contributed by atoms with Crippen LogP contribution in [-0.4, -0.2) is 75.5 Å². The number of alkyl carbamates (subject to hydrolysis) is 1. The third kappa shape index (κ3) is 10.2. The number of rotatable bonds is 15. The fourth-order valence-electron chi connectivity index (χ4n) is 7.25. The number of ether oxygens (including phenoxy) is 3. The van der Waals surface area contributed by atoms with E-state index in [0.717, 1.165) is 29.9 Å². The van der Waals surface area contributed by atoms with Gasteiger partial charge in [-0.25, -0.2) is 9.59 Å². The van der Waals surface area contributed by atoms with Gasteiger partial charge in [-0.15, -0.1) is 0 Å². The molecule has 0 radical (unpaired) electrons. The molecule has 5 rings (SSSR count). The van der Waals surface area contributed by atoms with Gasteiger partial charge < -0.3 is 33.4 Å². The van der Waals surface area contributed by atoms with Gasteiger partial charge in [0.2, 0.25) is 0 Å². The molecule has 0 aliphatic carbocycles. The third-order valence-electron chi connectivity index (χ3n) is 11.4. The zero-order chi connectivity index (χ0) is 40.8. The number of esters is 1. The summed E-state index contributed by atoms with van der Waals surface area (Å²) in [6.07, 6.45) is 1.96. The minimum atomic E-state index is -1.97. The summed E-state index contributed by atoms with van der Waals surface area (Å²) in [6.45, 7) is 26.1. The van der Waals surface area contributed by atoms with E-state index in [4.69, 9.17) is 23.6 Å². The zero-order valence-electron chi connectivity index (χ0n) is 35.5. The Hall–Kier alpha value is -4.19. The molecule has 0 saturated carbocycles. The number of anilines is 1. The van der Waals surface area contributed by atoms with E-state index in [9.17, 15) is 9.59 Å². The number of carbonyl (C=O) groups is 2. The van der Waals surface area contributed by atoms with E-state index in [1.807, 2.05) is 42.6 Å². The van der Waals surface area contributed by atoms with Crippen molar-refractivity contribution < 1.29 is 28.2 Å². The molecule has 304 valence electrons. The van der Waals surface area contributed by atoms with Crippen molar-refractivity contribution in [3.63, 3.8) is 0 Å². The van der Waals surface area contributed by atoms with Gasteiger partial charge >= 0.3 is 12.1 Å². The van der Waals surface area contributed by atoms with Crippen molar-refractivity contribution in [2.75, 3.05) is 38.3 Å². The van der Waals surface area contributed by atoms with Crippen LogP contribution >= 0.6 is 0 Å². The lowest BCUT2D eigenvalue weighted by Crippen LogP contribution is -2.49. The van der Waals surface area contributed by atoms with E-state index < -0.39 is 26.4 Å². The Kier molecular flexibility index (Phi) is 13.8. The largest absolute Gasteiger partial charge is 0.467 e. The van der Waals surface area contributed by atoms with Crippen LogP contribution in [0.1, 0.15) is 84.5 Å². The predicted octanol–water partition coefficient (Wildman–Crippen LogP) is 9.50. The molecule has 10 nitrogen and oxygen atoms in total. The highest BCUT2D eigenvalue weighted by Crippen LogP contribution is 2.43. The highest BCUT2D eigenvalue weighted by molar-refractivity contribution is 6.74. The lowest BCUT2D eigenvalue weighted by molar-refractivity contribution is -0.144. The number of aryl methyl sites for hydroxylation is 1. The molecule has 1 N–H and O–H groups in total. The second-order valence-corrected chi connectivity index (χ2v) is 22.5. The van der Waals surface area contributed by atoms with Gasteiger partial charge in [0.05, 0.1) is 31.2 Å². The summed E-state index contributed by atoms with van der Waals surface area (Å²) < 4.78 is 26.0. The number of morpholine rings is 1. The first-order valence-corrected chi connectivity index (χ1v) is 23.0. The lowest BCUT2D eigenvalue weighted by atomic mass is 9.84. The van der Waals surface area contributed by atoms with Crippen LogP contribution in [0.25, 0.3) is 22.2 Å². The standard InChI is InChI=1S/C45H64N4O6Si/c1-12-49-39-21-20-33(48-23-24-53-34(28-48)26-38(42(50)52-9)47-43(51)54-29-32-17-14-13-15-18-32)25-36(39)37(41(49)35-19-16-22-46-40(35)31(2)3)27-45(7,8)30-55-56(10,11)44(4,5)6/h13-22,25,31,34,38H,12,23-24,26-30H2,1-11H3,(H,47,51)/t34-,38-/m0/s1. The molecule has 3 heterocycles. The molecule has 1 saturated heterocycles. The Labute approximate surface area is 335 Å². The first-order chi connectivity index (χ1) is 26.4. The van der Waals surface area contributed by atoms with Gasteiger partial charge in [-0.2, -0.15) is 0 Å². The molecule has 56 heavy (non-hydrogen) atoms. The molecule has 1 aliphatic heterocycles. The molecule has 2 atom stereocenters. The molecule has 1 aliphatic rings. The molecule has 2 aromatic heterocycles. The summed E-state index contributed by atoms with van der Waals surface area (Å²) in [5, 5.41) is 4.06. The summed E-state index contributed by atoms with van der Waals surface area (Å²) in [5.41, 5.74) is 7.78. The Morgan fingerprint density at radius 3 is 2.43 bits per heavy atom. The van der Waals surface area contributed by atoms with Gasteiger partial charge in [-0.1, -0.05) is 78.8 Å². The van der Waals surface area contributed by atoms with Crippen molar-refractivity contribution in [2.24, 2.45) is 5.41 Å². The van der Waals surface area contributed by atoms with Crippen LogP contribution in [0.3, 0.4) is 0 Å². The number of nitrogens with one attached hydrogen (secondary N) is 1. The van der Waals surface area contributed by atoms with Gasteiger partial charge in [0, 0.05) is 61.0 Å². The topological polar surface area (TPSA) is 104 Å². The van der Waals surface area contributed by atoms with Crippen LogP contribution in [0.15, 0.2) is 66.9 Å². The fourth-order valence-corrected chi connectivity index (χ4v) is 8.43. The molecule has 11 heteroatoms. The summed E-state index contributed by atoms with van der Waals surface area (Å²) >= 11 is 0. The minimum absolute atomic E-state index is 0.0978. The van der Waals surface area contributed by atoms with Crippen molar-refractivity contribution >= 4 is 37.0 Å². The maximum atomic E-state index is 12.9. The first-order valence-electron chi connectivity index (χ1n) is 20.1. The van der Waals surface area contributed by atoms with Gasteiger partial charge in [0.1, 0.15) is 12.6 Å². The minimum Gasteiger partial charge on any atom is -0.467 e. The van der Waals surface area contributed by atoms with Crippen molar-refractivity contribution in [3.8, 4) is 11.3 Å². The van der Waals surface area contributed by atoms with E-state index in [1.165, 1.54) is 34.8 Å². The fraction of sp³-hybridized carbons (Fsp3) is 0.533. The molecule has 0 bridgehead atoms. The number of aromatic nitrogens is 2. The smallest absolute Gasteiger partial charge is 0.408 e. The van der Waals surface area contributed by atoms with Gasteiger partial charge in [0.25, 0.3) is 0 Å². The van der Waals surface area contributed by atoms with Crippen molar-refractivity contribution in [1.82, 2.24) is 14.9 Å². The Morgan fingerprint density at radius 1 is 1.04 bits per heavy atom. The van der Waals surface area contributed by atoms with Gasteiger partial charge in [-0.05, 0) is 84.3 Å². The number of pyridine rings is 1. The number of benzene rings is 2. The summed E-state index contributed by atoms with van der Waals surface area (Å²) in [5.74, 6) is -0.287. The van der Waals surface area contributed by atoms with Crippen molar-refractivity contribution in [3.05, 3.63) is 83.7 Å². The maximum Gasteiger partial charge on any atom is 0.408 e. The Balaban J connectivity index is 1.46. The molecular formula is C45H64N4O6Si. The number of carbonyl (C=O) groups excluding carboxylic acids is 2. The SMILES string of the molecule is CCn1c(-c2cccnc2C(C)C)c(CC(C)(C)CO[Si](C)(C)C(C)(C)C)c2cc(N3CCO[C@@H](C[C@H](NC(=O)OCc4ccccc4)C(=O)OC)C3)ccc21. The molecular weight excluding hydrogens is 721 g/mol. The van der Waals surface area contributed by atoms with E-state index in [-0.39, 0.29) is 35.5 Å². The van der Waals surface area contributed by atoms with E-state index >= 15 is 0 Å². The van der Waals surface area contributed by atoms with E-state index in [1.54, 1.807) is 0 Å². The van der Waals surface area contributed by atoms with Crippen molar-refractivity contribution in [2.45, 2.75) is 118 Å². The Morgan fingerprint density at radius 2 is 1.77 bits per heavy atom. The van der Waals surface area contributed by atoms with Gasteiger partial charge in [0.15, 0.2) is 8.32 Å². The first kappa shape index (κ1) is 42.9. The number of methoxy groups -OCH3 is 1. The predicted molar refractivity (Wildman–Crippen MR) is 228 cm³/mol. The number of hydrogen-bond acceptors (Lipinski definition) is 8. The quantitative estimate of drug-likeness (QED) is 0.0940. The summed E-state index contributed by atoms with van der Waals surface area (Å²) in [7, 11) is -0.649. The maximum absolute atomic E-state index is 12.9. The number of hydrogen-bond donors (Lipinski definition) is 1. The molecule has 2 aromatic carbocycles. The second-order valence-electron chi connectivity index (χ2n) is 17.7. The van der Waals surface area contributed by atoms with Crippen LogP contribution in [0.4, 0.5) is 10.5 Å². The molecule has 0 spiro atoms. The summed E-state index contributed by atoms with van der Waals surface area (Å²) in [6, 6.07) is 19.5. The average Bonchev–Trinajstić information content (AvgIpc) is 3.47. The van der Waals surface area contributed by atoms with Crippen molar-refractivity contribution in [1.29, 1.82) is 0 Å². The van der Waals surface area contributed by atoms with Crippen LogP contribution in [0.2, 0.25) is 18.1 Å². The van der Waals surface area contributed by atoms with Crippen LogP contribution in [0.5, 0.6) is 0 Å². The third-order valence-corrected chi connectivity index (χ3v) is 15.9. The number of amides is 1. The van der Waals surface area contributed by atoms with Crippen LogP contribution in [0, 0.1) is 5.41 Å². The molecule has 4 aromatic rings. The lowest BCUT2D eigenvalue weighted by Gasteiger charge is -2.39. The van der Waals surface area contributed by atoms with Gasteiger partial charge in [-0.3, -0.25) is 4.98 Å². The van der Waals surface area contributed by atoms with Crippen LogP contribution < -0.4 is 10.2 Å². The highest BCUT2D eigenvalue weighted by atomic mass is 28.4. The second kappa shape index (κ2) is 17.9. The molecule has 1 amide bonds. The zero-order valence-corrected chi connectivity index (χ0v) is 36.5. The number of fused-ring (bicyclic) bond motifs is 1. The monoisotopic (exact) mass is 784 g/mol. The number of nitrogens with zero attached hydrogens (tertiary/aromatic N) is 3. The molecule has 1 fully saturated rings.